The number of methoxy groups -OCH3 is 1. The first kappa shape index (κ1) is 15.8. The van der Waals surface area contributed by atoms with Crippen molar-refractivity contribution in [3.8, 4) is 5.75 Å². The first-order valence-corrected chi connectivity index (χ1v) is 8.39. The minimum absolute atomic E-state index is 0.182. The third kappa shape index (κ3) is 3.75. The van der Waals surface area contributed by atoms with Crippen LogP contribution in [-0.4, -0.2) is 15.5 Å². The Hall–Kier alpha value is -1.57. The van der Waals surface area contributed by atoms with E-state index in [-0.39, 0.29) is 4.90 Å². The van der Waals surface area contributed by atoms with Gasteiger partial charge in [0.1, 0.15) is 5.75 Å². The first-order valence-electron chi connectivity index (χ1n) is 6.11. The summed E-state index contributed by atoms with van der Waals surface area (Å²) in [5, 5.41) is 0. The molecule has 0 saturated heterocycles. The highest BCUT2D eigenvalue weighted by Gasteiger charge is 2.14. The number of ether oxygens (including phenoxy) is 1. The van der Waals surface area contributed by atoms with Gasteiger partial charge in [0, 0.05) is 12.6 Å². The SMILES string of the molecule is COc1cc(NS(=O)(=O)c2ccc(CN)cc2)ccc1Br. The fourth-order valence-corrected chi connectivity index (χ4v) is 3.20. The molecule has 0 aliphatic rings. The maximum Gasteiger partial charge on any atom is 0.261 e. The number of benzene rings is 2. The van der Waals surface area contributed by atoms with E-state index < -0.39 is 10.0 Å². The molecule has 2 aromatic carbocycles. The summed E-state index contributed by atoms with van der Waals surface area (Å²) in [6.07, 6.45) is 0. The number of sulfonamides is 1. The van der Waals surface area contributed by atoms with Crippen LogP contribution in [0.3, 0.4) is 0 Å². The van der Waals surface area contributed by atoms with Crippen molar-refractivity contribution in [3.63, 3.8) is 0 Å². The molecule has 2 rings (SSSR count). The topological polar surface area (TPSA) is 81.4 Å². The molecule has 0 atom stereocenters. The summed E-state index contributed by atoms with van der Waals surface area (Å²) in [4.78, 5) is 0.182. The number of hydrogen-bond donors (Lipinski definition) is 2. The van der Waals surface area contributed by atoms with E-state index in [1.54, 1.807) is 30.3 Å². The minimum Gasteiger partial charge on any atom is -0.495 e. The molecule has 0 aliphatic carbocycles. The Labute approximate surface area is 132 Å². The summed E-state index contributed by atoms with van der Waals surface area (Å²) in [5.74, 6) is 0.550. The largest absolute Gasteiger partial charge is 0.495 e. The molecule has 0 radical (unpaired) electrons. The minimum atomic E-state index is -3.64. The van der Waals surface area contributed by atoms with Crippen molar-refractivity contribution >= 4 is 31.6 Å². The molecule has 0 fully saturated rings. The third-order valence-corrected chi connectivity index (χ3v) is 4.93. The van der Waals surface area contributed by atoms with Crippen molar-refractivity contribution in [2.75, 3.05) is 11.8 Å². The highest BCUT2D eigenvalue weighted by atomic mass is 79.9. The molecule has 0 aromatic heterocycles. The molecule has 21 heavy (non-hydrogen) atoms. The molecule has 5 nitrogen and oxygen atoms in total. The van der Waals surface area contributed by atoms with Gasteiger partial charge in [0.05, 0.1) is 22.2 Å². The van der Waals surface area contributed by atoms with Gasteiger partial charge in [0.15, 0.2) is 0 Å². The Kier molecular flexibility index (Phi) is 4.87. The van der Waals surface area contributed by atoms with Crippen molar-refractivity contribution in [1.82, 2.24) is 0 Å². The van der Waals surface area contributed by atoms with Crippen molar-refractivity contribution in [2.45, 2.75) is 11.4 Å². The van der Waals surface area contributed by atoms with E-state index in [9.17, 15) is 8.42 Å². The predicted octanol–water partition coefficient (Wildman–Crippen LogP) is 2.72. The molecule has 0 bridgehead atoms. The summed E-state index contributed by atoms with van der Waals surface area (Å²) in [6.45, 7) is 0.373. The molecule has 0 heterocycles. The normalized spacial score (nSPS) is 11.2. The van der Waals surface area contributed by atoms with Gasteiger partial charge in [-0.1, -0.05) is 12.1 Å². The highest BCUT2D eigenvalue weighted by Crippen LogP contribution is 2.29. The quantitative estimate of drug-likeness (QED) is 0.847. The van der Waals surface area contributed by atoms with Gasteiger partial charge in [-0.25, -0.2) is 8.42 Å². The van der Waals surface area contributed by atoms with Crippen LogP contribution < -0.4 is 15.2 Å². The number of nitrogens with two attached hydrogens (primary N) is 1. The molecule has 112 valence electrons. The maximum atomic E-state index is 12.3. The molecule has 3 N–H and O–H groups in total. The number of halogens is 1. The summed E-state index contributed by atoms with van der Waals surface area (Å²) in [6, 6.07) is 11.4. The van der Waals surface area contributed by atoms with Gasteiger partial charge < -0.3 is 10.5 Å². The molecule has 0 unspecified atom stereocenters. The Balaban J connectivity index is 2.28. The highest BCUT2D eigenvalue weighted by molar-refractivity contribution is 9.10. The molecule has 0 spiro atoms. The molecule has 0 amide bonds. The van der Waals surface area contributed by atoms with Gasteiger partial charge in [-0.05, 0) is 45.8 Å². The van der Waals surface area contributed by atoms with Gasteiger partial charge in [-0.3, -0.25) is 4.72 Å². The van der Waals surface area contributed by atoms with Crippen molar-refractivity contribution in [3.05, 3.63) is 52.5 Å². The molecule has 7 heteroatoms. The fraction of sp³-hybridized carbons (Fsp3) is 0.143. The smallest absolute Gasteiger partial charge is 0.261 e. The van der Waals surface area contributed by atoms with E-state index in [0.29, 0.717) is 18.0 Å². The second-order valence-electron chi connectivity index (χ2n) is 4.30. The Bertz CT molecular complexity index is 730. The molecule has 0 aliphatic heterocycles. The zero-order valence-electron chi connectivity index (χ0n) is 11.3. The molecular weight excluding hydrogens is 356 g/mol. The lowest BCUT2D eigenvalue weighted by Gasteiger charge is -2.10. The summed E-state index contributed by atoms with van der Waals surface area (Å²) < 4.78 is 33.0. The van der Waals surface area contributed by atoms with Crippen molar-refractivity contribution in [1.29, 1.82) is 0 Å². The molecule has 2 aromatic rings. The second-order valence-corrected chi connectivity index (χ2v) is 6.84. The van der Waals surface area contributed by atoms with Gasteiger partial charge >= 0.3 is 0 Å². The average Bonchev–Trinajstić information content (AvgIpc) is 2.49. The van der Waals surface area contributed by atoms with Crippen LogP contribution in [-0.2, 0) is 16.6 Å². The molecular formula is C14H15BrN2O3S. The maximum absolute atomic E-state index is 12.3. The fourth-order valence-electron chi connectivity index (χ4n) is 1.74. The van der Waals surface area contributed by atoms with Crippen LogP contribution in [0, 0.1) is 0 Å². The Morgan fingerprint density at radius 2 is 1.86 bits per heavy atom. The average molecular weight is 371 g/mol. The van der Waals surface area contributed by atoms with Crippen LogP contribution in [0.25, 0.3) is 0 Å². The number of rotatable bonds is 5. The number of hydrogen-bond acceptors (Lipinski definition) is 4. The van der Waals surface area contributed by atoms with E-state index >= 15 is 0 Å². The van der Waals surface area contributed by atoms with E-state index in [2.05, 4.69) is 20.7 Å². The summed E-state index contributed by atoms with van der Waals surface area (Å²) >= 11 is 3.32. The van der Waals surface area contributed by atoms with E-state index in [1.165, 1.54) is 19.2 Å². The van der Waals surface area contributed by atoms with Crippen molar-refractivity contribution in [2.24, 2.45) is 5.73 Å². The zero-order chi connectivity index (χ0) is 15.5. The Morgan fingerprint density at radius 1 is 1.19 bits per heavy atom. The Morgan fingerprint density at radius 3 is 2.43 bits per heavy atom. The van der Waals surface area contributed by atoms with E-state index in [0.717, 1.165) is 10.0 Å². The number of anilines is 1. The van der Waals surface area contributed by atoms with Crippen LogP contribution in [0.1, 0.15) is 5.56 Å². The van der Waals surface area contributed by atoms with Gasteiger partial charge in [0.25, 0.3) is 10.0 Å². The van der Waals surface area contributed by atoms with Crippen molar-refractivity contribution < 1.29 is 13.2 Å². The standard InChI is InChI=1S/C14H15BrN2O3S/c1-20-14-8-11(4-7-13(14)15)17-21(18,19)12-5-2-10(9-16)3-6-12/h2-8,17H,9,16H2,1H3. The van der Waals surface area contributed by atoms with Crippen LogP contribution in [0.5, 0.6) is 5.75 Å². The first-order chi connectivity index (χ1) is 9.96. The lowest BCUT2D eigenvalue weighted by Crippen LogP contribution is -2.13. The monoisotopic (exact) mass is 370 g/mol. The van der Waals surface area contributed by atoms with Crippen LogP contribution in [0.15, 0.2) is 51.8 Å². The number of nitrogens with one attached hydrogen (secondary N) is 1. The summed E-state index contributed by atoms with van der Waals surface area (Å²) in [7, 11) is -2.12. The zero-order valence-corrected chi connectivity index (χ0v) is 13.7. The predicted molar refractivity (Wildman–Crippen MR) is 85.8 cm³/mol. The van der Waals surface area contributed by atoms with E-state index in [4.69, 9.17) is 10.5 Å². The van der Waals surface area contributed by atoms with Gasteiger partial charge in [0.2, 0.25) is 0 Å². The van der Waals surface area contributed by atoms with E-state index in [1.807, 2.05) is 0 Å². The lowest BCUT2D eigenvalue weighted by atomic mass is 10.2. The van der Waals surface area contributed by atoms with Gasteiger partial charge in [-0.2, -0.15) is 0 Å². The van der Waals surface area contributed by atoms with Gasteiger partial charge in [-0.15, -0.1) is 0 Å². The lowest BCUT2D eigenvalue weighted by molar-refractivity contribution is 0.412. The second kappa shape index (κ2) is 6.46. The third-order valence-electron chi connectivity index (χ3n) is 2.87. The van der Waals surface area contributed by atoms with Crippen LogP contribution in [0.4, 0.5) is 5.69 Å². The van der Waals surface area contributed by atoms with Crippen LogP contribution >= 0.6 is 15.9 Å². The van der Waals surface area contributed by atoms with Crippen LogP contribution in [0.2, 0.25) is 0 Å². The summed E-state index contributed by atoms with van der Waals surface area (Å²) in [5.41, 5.74) is 6.80. The molecule has 0 saturated carbocycles.